The minimum absolute atomic E-state index is 0.555. The summed E-state index contributed by atoms with van der Waals surface area (Å²) in [5.74, 6) is 0.840. The molecule has 5 nitrogen and oxygen atoms in total. The first kappa shape index (κ1) is 14.4. The fraction of sp³-hybridized carbons (Fsp3) is 0.400. The van der Waals surface area contributed by atoms with Gasteiger partial charge in [0.1, 0.15) is 12.4 Å². The van der Waals surface area contributed by atoms with Gasteiger partial charge in [0, 0.05) is 36.7 Å². The molecule has 2 aromatic rings. The minimum Gasteiger partial charge on any atom is -0.491 e. The molecule has 0 radical (unpaired) electrons. The Kier molecular flexibility index (Phi) is 5.01. The molecule has 2 rings (SSSR count). The summed E-state index contributed by atoms with van der Waals surface area (Å²) >= 11 is 0. The van der Waals surface area contributed by atoms with Crippen molar-refractivity contribution in [1.82, 2.24) is 10.2 Å². The Morgan fingerprint density at radius 3 is 2.80 bits per heavy atom. The molecule has 0 bridgehead atoms. The van der Waals surface area contributed by atoms with E-state index in [4.69, 9.17) is 9.47 Å². The first-order valence-electron chi connectivity index (χ1n) is 6.67. The van der Waals surface area contributed by atoms with E-state index in [1.54, 1.807) is 7.11 Å². The number of benzene rings is 1. The number of aromatic nitrogens is 2. The molecule has 0 spiro atoms. The van der Waals surface area contributed by atoms with Crippen LogP contribution < -0.4 is 10.1 Å². The maximum atomic E-state index is 5.59. The van der Waals surface area contributed by atoms with Crippen molar-refractivity contribution in [1.29, 1.82) is 0 Å². The van der Waals surface area contributed by atoms with Gasteiger partial charge < -0.3 is 14.8 Å². The quantitative estimate of drug-likeness (QED) is 0.763. The van der Waals surface area contributed by atoms with E-state index in [2.05, 4.69) is 15.5 Å². The van der Waals surface area contributed by atoms with E-state index in [0.29, 0.717) is 13.2 Å². The normalized spacial score (nSPS) is 10.6. The number of methoxy groups -OCH3 is 1. The average molecular weight is 275 g/mol. The van der Waals surface area contributed by atoms with Crippen LogP contribution in [0.2, 0.25) is 0 Å². The van der Waals surface area contributed by atoms with Gasteiger partial charge in [0.25, 0.3) is 0 Å². The molecule has 1 heterocycles. The van der Waals surface area contributed by atoms with E-state index in [1.807, 2.05) is 38.1 Å². The number of hydrogen-bond acceptors (Lipinski definition) is 4. The summed E-state index contributed by atoms with van der Waals surface area (Å²) in [6, 6.07) is 7.92. The molecule has 0 fully saturated rings. The second-order valence-electron chi connectivity index (χ2n) is 4.64. The highest BCUT2D eigenvalue weighted by atomic mass is 16.5. The number of rotatable bonds is 7. The third-order valence-corrected chi connectivity index (χ3v) is 3.14. The Bertz CT molecular complexity index is 532. The monoisotopic (exact) mass is 275 g/mol. The van der Waals surface area contributed by atoms with Crippen LogP contribution in [0.15, 0.2) is 24.3 Å². The third-order valence-electron chi connectivity index (χ3n) is 3.14. The van der Waals surface area contributed by atoms with Crippen molar-refractivity contribution in [2.75, 3.05) is 25.6 Å². The number of H-pyrrole nitrogens is 1. The molecule has 20 heavy (non-hydrogen) atoms. The molecule has 2 N–H and O–H groups in total. The van der Waals surface area contributed by atoms with E-state index in [0.717, 1.165) is 29.4 Å². The van der Waals surface area contributed by atoms with Crippen molar-refractivity contribution >= 4 is 5.69 Å². The molecule has 0 saturated heterocycles. The predicted octanol–water partition coefficient (Wildman–Crippen LogP) is 2.66. The van der Waals surface area contributed by atoms with Crippen molar-refractivity contribution < 1.29 is 9.47 Å². The van der Waals surface area contributed by atoms with Crippen LogP contribution in [0.1, 0.15) is 17.0 Å². The summed E-state index contributed by atoms with van der Waals surface area (Å²) in [6.45, 7) is 5.92. The Morgan fingerprint density at radius 2 is 2.10 bits per heavy atom. The zero-order valence-electron chi connectivity index (χ0n) is 12.2. The SMILES string of the molecule is COCCOc1cccc(NCc2c(C)n[nH]c2C)c1. The second-order valence-corrected chi connectivity index (χ2v) is 4.64. The molecule has 5 heteroatoms. The van der Waals surface area contributed by atoms with E-state index >= 15 is 0 Å². The minimum atomic E-state index is 0.555. The summed E-state index contributed by atoms with van der Waals surface area (Å²) in [4.78, 5) is 0. The van der Waals surface area contributed by atoms with Gasteiger partial charge in [0.15, 0.2) is 0 Å². The van der Waals surface area contributed by atoms with Crippen molar-refractivity contribution in [3.05, 3.63) is 41.2 Å². The Hall–Kier alpha value is -2.01. The van der Waals surface area contributed by atoms with Crippen molar-refractivity contribution in [3.8, 4) is 5.75 Å². The highest BCUT2D eigenvalue weighted by Gasteiger charge is 2.05. The Balaban J connectivity index is 1.94. The van der Waals surface area contributed by atoms with Crippen molar-refractivity contribution in [2.24, 2.45) is 0 Å². The van der Waals surface area contributed by atoms with Gasteiger partial charge in [-0.1, -0.05) is 6.07 Å². The molecular formula is C15H21N3O2. The van der Waals surface area contributed by atoms with Gasteiger partial charge in [-0.05, 0) is 26.0 Å². The van der Waals surface area contributed by atoms with E-state index in [9.17, 15) is 0 Å². The largest absolute Gasteiger partial charge is 0.491 e. The maximum Gasteiger partial charge on any atom is 0.121 e. The lowest BCUT2D eigenvalue weighted by molar-refractivity contribution is 0.146. The van der Waals surface area contributed by atoms with E-state index in [-0.39, 0.29) is 0 Å². The summed E-state index contributed by atoms with van der Waals surface area (Å²) < 4.78 is 10.6. The lowest BCUT2D eigenvalue weighted by Gasteiger charge is -2.10. The standard InChI is InChI=1S/C15H21N3O2/c1-11-15(12(2)18-17-11)10-16-13-5-4-6-14(9-13)20-8-7-19-3/h4-6,9,16H,7-8,10H2,1-3H3,(H,17,18). The summed E-state index contributed by atoms with van der Waals surface area (Å²) in [6.07, 6.45) is 0. The van der Waals surface area contributed by atoms with Gasteiger partial charge in [-0.2, -0.15) is 5.10 Å². The Morgan fingerprint density at radius 1 is 1.25 bits per heavy atom. The zero-order chi connectivity index (χ0) is 14.4. The third kappa shape index (κ3) is 3.74. The molecule has 0 aliphatic rings. The number of nitrogens with one attached hydrogen (secondary N) is 2. The van der Waals surface area contributed by atoms with Crippen LogP contribution in [0.4, 0.5) is 5.69 Å². The number of ether oxygens (including phenoxy) is 2. The number of nitrogens with zero attached hydrogens (tertiary/aromatic N) is 1. The average Bonchev–Trinajstić information content (AvgIpc) is 2.77. The van der Waals surface area contributed by atoms with Crippen LogP contribution in [0.5, 0.6) is 5.75 Å². The predicted molar refractivity (Wildman–Crippen MR) is 79.2 cm³/mol. The lowest BCUT2D eigenvalue weighted by atomic mass is 10.2. The molecule has 0 aliphatic heterocycles. The molecule has 0 atom stereocenters. The van der Waals surface area contributed by atoms with Gasteiger partial charge in [-0.3, -0.25) is 5.10 Å². The number of hydrogen-bond donors (Lipinski definition) is 2. The summed E-state index contributed by atoms with van der Waals surface area (Å²) in [5.41, 5.74) is 4.36. The Labute approximate surface area is 119 Å². The fourth-order valence-corrected chi connectivity index (χ4v) is 1.96. The molecule has 108 valence electrons. The molecule has 0 aliphatic carbocycles. The van der Waals surface area contributed by atoms with Gasteiger partial charge >= 0.3 is 0 Å². The number of anilines is 1. The highest BCUT2D eigenvalue weighted by molar-refractivity contribution is 5.49. The second kappa shape index (κ2) is 6.96. The maximum absolute atomic E-state index is 5.59. The molecule has 1 aromatic carbocycles. The van der Waals surface area contributed by atoms with Crippen LogP contribution in [0, 0.1) is 13.8 Å². The molecule has 0 unspecified atom stereocenters. The number of aromatic amines is 1. The molecule has 1 aromatic heterocycles. The molecule has 0 saturated carbocycles. The van der Waals surface area contributed by atoms with Crippen molar-refractivity contribution in [2.45, 2.75) is 20.4 Å². The van der Waals surface area contributed by atoms with Crippen LogP contribution in [0.25, 0.3) is 0 Å². The van der Waals surface area contributed by atoms with Gasteiger partial charge in [-0.15, -0.1) is 0 Å². The van der Waals surface area contributed by atoms with Gasteiger partial charge in [0.05, 0.1) is 12.3 Å². The first-order valence-corrected chi connectivity index (χ1v) is 6.67. The number of aryl methyl sites for hydroxylation is 2. The fourth-order valence-electron chi connectivity index (χ4n) is 1.96. The lowest BCUT2D eigenvalue weighted by Crippen LogP contribution is -2.05. The molecule has 0 amide bonds. The van der Waals surface area contributed by atoms with Crippen LogP contribution in [-0.4, -0.2) is 30.5 Å². The highest BCUT2D eigenvalue weighted by Crippen LogP contribution is 2.19. The van der Waals surface area contributed by atoms with Gasteiger partial charge in [-0.25, -0.2) is 0 Å². The van der Waals surface area contributed by atoms with E-state index in [1.165, 1.54) is 5.56 Å². The molecular weight excluding hydrogens is 254 g/mol. The van der Waals surface area contributed by atoms with Gasteiger partial charge in [0.2, 0.25) is 0 Å². The first-order chi connectivity index (χ1) is 9.70. The van der Waals surface area contributed by atoms with Crippen LogP contribution >= 0.6 is 0 Å². The summed E-state index contributed by atoms with van der Waals surface area (Å²) in [5, 5.41) is 10.6. The van der Waals surface area contributed by atoms with Crippen molar-refractivity contribution in [3.63, 3.8) is 0 Å². The van der Waals surface area contributed by atoms with Crippen LogP contribution in [-0.2, 0) is 11.3 Å². The smallest absolute Gasteiger partial charge is 0.121 e. The summed E-state index contributed by atoms with van der Waals surface area (Å²) in [7, 11) is 1.66. The topological polar surface area (TPSA) is 59.2 Å². The van der Waals surface area contributed by atoms with Crippen LogP contribution in [0.3, 0.4) is 0 Å². The zero-order valence-corrected chi connectivity index (χ0v) is 12.2. The van der Waals surface area contributed by atoms with E-state index < -0.39 is 0 Å².